The molecule has 0 saturated carbocycles. The molecule has 0 radical (unpaired) electrons. The standard InChI is InChI=1S/C19H25N3O4/c1-4-26-18-15(6-5-10-20-18)13-22-19(23)21-11-9-14-7-8-16(24-2)17(12-14)25-3/h5-8,10,12H,4,9,11,13H2,1-3H3,(H2,21,22,23). The van der Waals surface area contributed by atoms with Gasteiger partial charge in [-0.15, -0.1) is 0 Å². The van der Waals surface area contributed by atoms with Gasteiger partial charge in [-0.2, -0.15) is 0 Å². The fraction of sp³-hybridized carbons (Fsp3) is 0.368. The number of nitrogens with one attached hydrogen (secondary N) is 2. The van der Waals surface area contributed by atoms with Crippen molar-refractivity contribution in [3.05, 3.63) is 47.7 Å². The number of carbonyl (C=O) groups is 1. The molecule has 2 N–H and O–H groups in total. The highest BCUT2D eigenvalue weighted by Gasteiger charge is 2.07. The molecule has 7 heteroatoms. The van der Waals surface area contributed by atoms with Crippen LogP contribution in [0, 0.1) is 0 Å². The first-order chi connectivity index (χ1) is 12.7. The van der Waals surface area contributed by atoms with Crippen molar-refractivity contribution >= 4 is 6.03 Å². The SMILES string of the molecule is CCOc1ncccc1CNC(=O)NCCc1ccc(OC)c(OC)c1. The molecule has 26 heavy (non-hydrogen) atoms. The van der Waals surface area contributed by atoms with Crippen molar-refractivity contribution in [2.45, 2.75) is 19.9 Å². The van der Waals surface area contributed by atoms with Crippen molar-refractivity contribution in [1.29, 1.82) is 0 Å². The van der Waals surface area contributed by atoms with Crippen LogP contribution in [0.5, 0.6) is 17.4 Å². The van der Waals surface area contributed by atoms with Gasteiger partial charge in [-0.3, -0.25) is 0 Å². The summed E-state index contributed by atoms with van der Waals surface area (Å²) in [5, 5.41) is 5.65. The van der Waals surface area contributed by atoms with Crippen LogP contribution in [0.1, 0.15) is 18.1 Å². The van der Waals surface area contributed by atoms with Gasteiger partial charge in [-0.25, -0.2) is 9.78 Å². The largest absolute Gasteiger partial charge is 0.493 e. The van der Waals surface area contributed by atoms with E-state index in [4.69, 9.17) is 14.2 Å². The smallest absolute Gasteiger partial charge is 0.315 e. The molecule has 0 aliphatic rings. The molecule has 2 amide bonds. The van der Waals surface area contributed by atoms with Crippen molar-refractivity contribution in [1.82, 2.24) is 15.6 Å². The average molecular weight is 359 g/mol. The van der Waals surface area contributed by atoms with Crippen molar-refractivity contribution in [2.75, 3.05) is 27.4 Å². The summed E-state index contributed by atoms with van der Waals surface area (Å²) < 4.78 is 15.9. The Labute approximate surface area is 153 Å². The highest BCUT2D eigenvalue weighted by molar-refractivity contribution is 5.73. The van der Waals surface area contributed by atoms with E-state index < -0.39 is 0 Å². The molecule has 0 atom stereocenters. The van der Waals surface area contributed by atoms with Gasteiger partial charge in [0.1, 0.15) is 0 Å². The Morgan fingerprint density at radius 2 is 1.92 bits per heavy atom. The van der Waals surface area contributed by atoms with E-state index in [1.165, 1.54) is 0 Å². The van der Waals surface area contributed by atoms with E-state index in [0.717, 1.165) is 11.1 Å². The fourth-order valence-corrected chi connectivity index (χ4v) is 2.42. The molecule has 2 aromatic rings. The van der Waals surface area contributed by atoms with Crippen molar-refractivity contribution in [3.8, 4) is 17.4 Å². The van der Waals surface area contributed by atoms with Crippen LogP contribution in [0.2, 0.25) is 0 Å². The normalized spacial score (nSPS) is 10.1. The second-order valence-corrected chi connectivity index (χ2v) is 5.45. The maximum absolute atomic E-state index is 12.0. The third kappa shape index (κ3) is 5.54. The molecule has 0 fully saturated rings. The summed E-state index contributed by atoms with van der Waals surface area (Å²) in [6.45, 7) is 3.28. The molecule has 0 aliphatic heterocycles. The second kappa shape index (κ2) is 10.1. The van der Waals surface area contributed by atoms with Gasteiger partial charge >= 0.3 is 6.03 Å². The minimum atomic E-state index is -0.239. The molecule has 140 valence electrons. The van der Waals surface area contributed by atoms with Gasteiger partial charge in [0.2, 0.25) is 5.88 Å². The number of rotatable bonds is 9. The number of nitrogens with zero attached hydrogens (tertiary/aromatic N) is 1. The molecule has 0 bridgehead atoms. The van der Waals surface area contributed by atoms with Gasteiger partial charge in [0.15, 0.2) is 11.5 Å². The highest BCUT2D eigenvalue weighted by Crippen LogP contribution is 2.27. The lowest BCUT2D eigenvalue weighted by Crippen LogP contribution is -2.36. The van der Waals surface area contributed by atoms with Crippen LogP contribution >= 0.6 is 0 Å². The molecule has 1 aromatic carbocycles. The van der Waals surface area contributed by atoms with Crippen LogP contribution in [0.15, 0.2) is 36.5 Å². The number of hydrogen-bond acceptors (Lipinski definition) is 5. The Morgan fingerprint density at radius 3 is 2.65 bits per heavy atom. The maximum atomic E-state index is 12.0. The molecule has 0 unspecified atom stereocenters. The van der Waals surface area contributed by atoms with Crippen LogP contribution in [0.25, 0.3) is 0 Å². The average Bonchev–Trinajstić information content (AvgIpc) is 2.67. The highest BCUT2D eigenvalue weighted by atomic mass is 16.5. The van der Waals surface area contributed by atoms with Crippen LogP contribution in [0.4, 0.5) is 4.79 Å². The van der Waals surface area contributed by atoms with Crippen LogP contribution in [0.3, 0.4) is 0 Å². The Balaban J connectivity index is 1.79. The van der Waals surface area contributed by atoms with Crippen molar-refractivity contribution in [2.24, 2.45) is 0 Å². The van der Waals surface area contributed by atoms with E-state index >= 15 is 0 Å². The van der Waals surface area contributed by atoms with E-state index in [0.29, 0.717) is 43.5 Å². The van der Waals surface area contributed by atoms with Gasteiger partial charge in [-0.05, 0) is 37.1 Å². The first kappa shape index (κ1) is 19.4. The Morgan fingerprint density at radius 1 is 1.12 bits per heavy atom. The maximum Gasteiger partial charge on any atom is 0.315 e. The van der Waals surface area contributed by atoms with Crippen molar-refractivity contribution in [3.63, 3.8) is 0 Å². The third-order valence-corrected chi connectivity index (χ3v) is 3.72. The quantitative estimate of drug-likeness (QED) is 0.719. The molecule has 0 spiro atoms. The molecule has 1 aromatic heterocycles. The van der Waals surface area contributed by atoms with Crippen LogP contribution in [-0.2, 0) is 13.0 Å². The summed E-state index contributed by atoms with van der Waals surface area (Å²) in [6, 6.07) is 9.16. The first-order valence-corrected chi connectivity index (χ1v) is 8.47. The Bertz CT molecular complexity index is 722. The second-order valence-electron chi connectivity index (χ2n) is 5.45. The topological polar surface area (TPSA) is 81.7 Å². The zero-order valence-corrected chi connectivity index (χ0v) is 15.4. The van der Waals surface area contributed by atoms with Gasteiger partial charge < -0.3 is 24.8 Å². The zero-order valence-electron chi connectivity index (χ0n) is 15.4. The van der Waals surface area contributed by atoms with Gasteiger partial charge in [0, 0.05) is 24.8 Å². The number of urea groups is 1. The molecule has 2 rings (SSSR count). The van der Waals surface area contributed by atoms with Gasteiger partial charge in [0.25, 0.3) is 0 Å². The van der Waals surface area contributed by atoms with Crippen LogP contribution < -0.4 is 24.8 Å². The Kier molecular flexibility index (Phi) is 7.54. The summed E-state index contributed by atoms with van der Waals surface area (Å²) in [5.74, 6) is 1.90. The summed E-state index contributed by atoms with van der Waals surface area (Å²) in [6.07, 6.45) is 2.35. The molecule has 7 nitrogen and oxygen atoms in total. The lowest BCUT2D eigenvalue weighted by molar-refractivity contribution is 0.240. The summed E-state index contributed by atoms with van der Waals surface area (Å²) in [5.41, 5.74) is 1.89. The van der Waals surface area contributed by atoms with Gasteiger partial charge in [0.05, 0.1) is 20.8 Å². The molecule has 0 aliphatic carbocycles. The van der Waals surface area contributed by atoms with E-state index in [-0.39, 0.29) is 6.03 Å². The molecular formula is C19H25N3O4. The van der Waals surface area contributed by atoms with E-state index in [9.17, 15) is 4.79 Å². The number of ether oxygens (including phenoxy) is 3. The summed E-state index contributed by atoms with van der Waals surface area (Å²) in [4.78, 5) is 16.1. The predicted molar refractivity (Wildman–Crippen MR) is 98.9 cm³/mol. The number of aromatic nitrogens is 1. The molecule has 1 heterocycles. The minimum absolute atomic E-state index is 0.239. The van der Waals surface area contributed by atoms with Crippen molar-refractivity contribution < 1.29 is 19.0 Å². The molecule has 0 saturated heterocycles. The van der Waals surface area contributed by atoms with Crippen LogP contribution in [-0.4, -0.2) is 38.4 Å². The summed E-state index contributed by atoms with van der Waals surface area (Å²) in [7, 11) is 3.20. The zero-order chi connectivity index (χ0) is 18.8. The monoisotopic (exact) mass is 359 g/mol. The Hall–Kier alpha value is -2.96. The first-order valence-electron chi connectivity index (χ1n) is 8.47. The van der Waals surface area contributed by atoms with E-state index in [1.54, 1.807) is 20.4 Å². The third-order valence-electron chi connectivity index (χ3n) is 3.72. The number of carbonyl (C=O) groups excluding carboxylic acids is 1. The number of pyridine rings is 1. The predicted octanol–water partition coefficient (Wildman–Crippen LogP) is 2.54. The number of benzene rings is 1. The number of amides is 2. The number of methoxy groups -OCH3 is 2. The minimum Gasteiger partial charge on any atom is -0.493 e. The molecular weight excluding hydrogens is 334 g/mol. The fourth-order valence-electron chi connectivity index (χ4n) is 2.42. The van der Waals surface area contributed by atoms with E-state index in [2.05, 4.69) is 15.6 Å². The number of hydrogen-bond donors (Lipinski definition) is 2. The lowest BCUT2D eigenvalue weighted by atomic mass is 10.1. The van der Waals surface area contributed by atoms with Gasteiger partial charge in [-0.1, -0.05) is 12.1 Å². The van der Waals surface area contributed by atoms with E-state index in [1.807, 2.05) is 37.3 Å². The summed E-state index contributed by atoms with van der Waals surface area (Å²) >= 11 is 0. The lowest BCUT2D eigenvalue weighted by Gasteiger charge is -2.11.